The molecule has 0 bridgehead atoms. The first-order chi connectivity index (χ1) is 12.4. The molecule has 1 heterocycles. The van der Waals surface area contributed by atoms with Gasteiger partial charge in [0.05, 0.1) is 16.0 Å². The molecule has 2 aromatic carbocycles. The van der Waals surface area contributed by atoms with E-state index in [1.807, 2.05) is 12.1 Å². The summed E-state index contributed by atoms with van der Waals surface area (Å²) in [6.45, 7) is 2.15. The van der Waals surface area contributed by atoms with Crippen molar-refractivity contribution in [2.24, 2.45) is 0 Å². The predicted molar refractivity (Wildman–Crippen MR) is 98.7 cm³/mol. The van der Waals surface area contributed by atoms with Crippen LogP contribution in [0.5, 0.6) is 0 Å². The van der Waals surface area contributed by atoms with Crippen molar-refractivity contribution in [2.45, 2.75) is 37.5 Å². The van der Waals surface area contributed by atoms with Crippen molar-refractivity contribution in [1.82, 2.24) is 5.32 Å². The number of imide groups is 1. The fraction of sp³-hybridized carbons (Fsp3) is 0.263. The molecular weight excluding hydrogens is 352 g/mol. The minimum Gasteiger partial charge on any atom is -0.288 e. The van der Waals surface area contributed by atoms with E-state index in [2.05, 4.69) is 17.0 Å². The third-order valence-corrected chi connectivity index (χ3v) is 5.67. The fourth-order valence-electron chi connectivity index (χ4n) is 2.85. The molecule has 136 valence electrons. The van der Waals surface area contributed by atoms with E-state index in [1.165, 1.54) is 24.6 Å². The highest BCUT2D eigenvalue weighted by atomic mass is 32.2. The molecule has 0 unspecified atom stereocenters. The zero-order valence-corrected chi connectivity index (χ0v) is 15.2. The van der Waals surface area contributed by atoms with E-state index in [4.69, 9.17) is 0 Å². The van der Waals surface area contributed by atoms with Gasteiger partial charge in [0.1, 0.15) is 0 Å². The van der Waals surface area contributed by atoms with E-state index < -0.39 is 21.8 Å². The van der Waals surface area contributed by atoms with Crippen LogP contribution >= 0.6 is 0 Å². The summed E-state index contributed by atoms with van der Waals surface area (Å²) < 4.78 is 27.6. The van der Waals surface area contributed by atoms with Gasteiger partial charge < -0.3 is 0 Å². The van der Waals surface area contributed by atoms with Gasteiger partial charge >= 0.3 is 0 Å². The van der Waals surface area contributed by atoms with Crippen molar-refractivity contribution in [3.8, 4) is 0 Å². The summed E-state index contributed by atoms with van der Waals surface area (Å²) >= 11 is 0. The average molecular weight is 372 g/mol. The van der Waals surface area contributed by atoms with E-state index in [9.17, 15) is 18.0 Å². The standard InChI is InChI=1S/C19H20N2O4S/c1-2-3-4-5-13-6-8-14(9-7-13)21-26(24,25)15-10-11-16-17(12-15)19(23)20-18(16)22/h6-12,21H,2-5H2,1H3,(H,20,22,23). The molecule has 0 radical (unpaired) electrons. The van der Waals surface area contributed by atoms with Crippen molar-refractivity contribution >= 4 is 27.5 Å². The molecule has 6 nitrogen and oxygen atoms in total. The molecule has 2 N–H and O–H groups in total. The number of hydrogen-bond acceptors (Lipinski definition) is 4. The summed E-state index contributed by atoms with van der Waals surface area (Å²) in [5.41, 5.74) is 1.87. The number of fused-ring (bicyclic) bond motifs is 1. The van der Waals surface area contributed by atoms with Gasteiger partial charge in [-0.2, -0.15) is 0 Å². The third kappa shape index (κ3) is 3.77. The number of sulfonamides is 1. The number of nitrogens with one attached hydrogen (secondary N) is 2. The largest absolute Gasteiger partial charge is 0.288 e. The monoisotopic (exact) mass is 372 g/mol. The fourth-order valence-corrected chi connectivity index (χ4v) is 3.93. The number of carbonyl (C=O) groups is 2. The van der Waals surface area contributed by atoms with Gasteiger partial charge in [0.15, 0.2) is 0 Å². The van der Waals surface area contributed by atoms with Crippen LogP contribution in [0.15, 0.2) is 47.4 Å². The zero-order chi connectivity index (χ0) is 18.7. The minimum atomic E-state index is -3.85. The highest BCUT2D eigenvalue weighted by molar-refractivity contribution is 7.92. The molecule has 0 fully saturated rings. The summed E-state index contributed by atoms with van der Waals surface area (Å²) in [5.74, 6) is -1.10. The van der Waals surface area contributed by atoms with Gasteiger partial charge in [-0.3, -0.25) is 19.6 Å². The van der Waals surface area contributed by atoms with Gasteiger partial charge in [0.2, 0.25) is 0 Å². The maximum absolute atomic E-state index is 12.6. The highest BCUT2D eigenvalue weighted by Gasteiger charge is 2.28. The smallest absolute Gasteiger partial charge is 0.261 e. The molecule has 2 aromatic rings. The summed E-state index contributed by atoms with van der Waals surface area (Å²) in [6.07, 6.45) is 4.40. The Hall–Kier alpha value is -2.67. The third-order valence-electron chi connectivity index (χ3n) is 4.29. The molecule has 3 rings (SSSR count). The SMILES string of the molecule is CCCCCc1ccc(NS(=O)(=O)c2ccc3c(c2)C(=O)NC3=O)cc1. The second-order valence-electron chi connectivity index (χ2n) is 6.25. The maximum Gasteiger partial charge on any atom is 0.261 e. The Balaban J connectivity index is 1.76. The Bertz CT molecular complexity index is 950. The number of carbonyl (C=O) groups excluding carboxylic acids is 2. The minimum absolute atomic E-state index is 0.0619. The summed E-state index contributed by atoms with van der Waals surface area (Å²) in [4.78, 5) is 23.2. The van der Waals surface area contributed by atoms with E-state index in [1.54, 1.807) is 12.1 Å². The second kappa shape index (κ2) is 7.29. The maximum atomic E-state index is 12.6. The van der Waals surface area contributed by atoms with Crippen LogP contribution in [-0.2, 0) is 16.4 Å². The van der Waals surface area contributed by atoms with E-state index >= 15 is 0 Å². The van der Waals surface area contributed by atoms with Crippen LogP contribution in [0.4, 0.5) is 5.69 Å². The Labute approximate surface area is 152 Å². The average Bonchev–Trinajstić information content (AvgIpc) is 2.90. The number of amides is 2. The first-order valence-electron chi connectivity index (χ1n) is 8.52. The van der Waals surface area contributed by atoms with Crippen molar-refractivity contribution in [2.75, 3.05) is 4.72 Å². The molecule has 0 atom stereocenters. The van der Waals surface area contributed by atoms with Crippen LogP contribution < -0.4 is 10.0 Å². The first kappa shape index (κ1) is 18.1. The van der Waals surface area contributed by atoms with Gasteiger partial charge in [0.25, 0.3) is 21.8 Å². The van der Waals surface area contributed by atoms with Crippen LogP contribution in [-0.4, -0.2) is 20.2 Å². The van der Waals surface area contributed by atoms with Crippen LogP contribution in [0.3, 0.4) is 0 Å². The Morgan fingerprint density at radius 1 is 0.923 bits per heavy atom. The number of hydrogen-bond donors (Lipinski definition) is 2. The van der Waals surface area contributed by atoms with Gasteiger partial charge in [0, 0.05) is 5.69 Å². The van der Waals surface area contributed by atoms with Crippen LogP contribution in [0.25, 0.3) is 0 Å². The van der Waals surface area contributed by atoms with Crippen molar-refractivity contribution < 1.29 is 18.0 Å². The number of anilines is 1. The van der Waals surface area contributed by atoms with Crippen molar-refractivity contribution in [3.63, 3.8) is 0 Å². The van der Waals surface area contributed by atoms with Crippen LogP contribution in [0.2, 0.25) is 0 Å². The molecule has 0 aliphatic carbocycles. The van der Waals surface area contributed by atoms with Gasteiger partial charge in [-0.05, 0) is 48.7 Å². The first-order valence-corrected chi connectivity index (χ1v) is 10.0. The Morgan fingerprint density at radius 2 is 1.62 bits per heavy atom. The predicted octanol–water partition coefficient (Wildman–Crippen LogP) is 3.10. The normalized spacial score (nSPS) is 13.4. The molecule has 1 aliphatic heterocycles. The Morgan fingerprint density at radius 3 is 2.31 bits per heavy atom. The molecule has 0 spiro atoms. The van der Waals surface area contributed by atoms with Crippen molar-refractivity contribution in [1.29, 1.82) is 0 Å². The molecular formula is C19H20N2O4S. The summed E-state index contributed by atoms with van der Waals surface area (Å²) in [6, 6.07) is 11.1. The van der Waals surface area contributed by atoms with Crippen molar-refractivity contribution in [3.05, 3.63) is 59.2 Å². The topological polar surface area (TPSA) is 92.3 Å². The zero-order valence-electron chi connectivity index (χ0n) is 14.4. The van der Waals surface area contributed by atoms with Gasteiger partial charge in [-0.25, -0.2) is 8.42 Å². The lowest BCUT2D eigenvalue weighted by molar-refractivity contribution is 0.0879. The molecule has 0 saturated heterocycles. The number of rotatable bonds is 7. The number of unbranched alkanes of at least 4 members (excludes halogenated alkanes) is 2. The lowest BCUT2D eigenvalue weighted by atomic mass is 10.1. The Kier molecular flexibility index (Phi) is 5.08. The lowest BCUT2D eigenvalue weighted by Crippen LogP contribution is -2.19. The summed E-state index contributed by atoms with van der Waals surface area (Å²) in [5, 5.41) is 2.14. The molecule has 0 aromatic heterocycles. The van der Waals surface area contributed by atoms with Crippen LogP contribution in [0.1, 0.15) is 52.5 Å². The van der Waals surface area contributed by atoms with Gasteiger partial charge in [-0.15, -0.1) is 0 Å². The van der Waals surface area contributed by atoms with E-state index in [-0.39, 0.29) is 16.0 Å². The lowest BCUT2D eigenvalue weighted by Gasteiger charge is -2.09. The molecule has 26 heavy (non-hydrogen) atoms. The number of benzene rings is 2. The van der Waals surface area contributed by atoms with Gasteiger partial charge in [-0.1, -0.05) is 31.9 Å². The summed E-state index contributed by atoms with van der Waals surface area (Å²) in [7, 11) is -3.85. The van der Waals surface area contributed by atoms with Crippen LogP contribution in [0, 0.1) is 0 Å². The molecule has 1 aliphatic rings. The quantitative estimate of drug-likeness (QED) is 0.577. The second-order valence-corrected chi connectivity index (χ2v) is 7.93. The highest BCUT2D eigenvalue weighted by Crippen LogP contribution is 2.22. The molecule has 2 amide bonds. The van der Waals surface area contributed by atoms with E-state index in [0.717, 1.165) is 24.8 Å². The molecule has 7 heteroatoms. The van der Waals surface area contributed by atoms with E-state index in [0.29, 0.717) is 5.69 Å². The molecule has 0 saturated carbocycles. The number of aryl methyl sites for hydroxylation is 1.